The number of carbonyl (C=O) groups excluding carboxylic acids is 1. The number of nitrogens with one attached hydrogen (secondary N) is 3. The summed E-state index contributed by atoms with van der Waals surface area (Å²) in [4.78, 5) is 18.7. The van der Waals surface area contributed by atoms with Crippen LogP contribution in [0.25, 0.3) is 10.9 Å². The van der Waals surface area contributed by atoms with E-state index in [1.165, 1.54) is 0 Å². The molecule has 0 bridgehead atoms. The fourth-order valence-corrected chi connectivity index (χ4v) is 5.41. The molecular weight excluding hydrogens is 511 g/mol. The Morgan fingerprint density at radius 3 is 2.62 bits per heavy atom. The van der Waals surface area contributed by atoms with E-state index in [1.54, 1.807) is 6.07 Å². The molecule has 37 heavy (non-hydrogen) atoms. The third kappa shape index (κ3) is 7.31. The molecule has 2 aromatic carbocycles. The topological polar surface area (TPSA) is 113 Å². The molecule has 1 fully saturated rings. The number of carbonyl (C=O) groups is 1. The van der Waals surface area contributed by atoms with Crippen LogP contribution in [0.3, 0.4) is 0 Å². The number of aromatic nitrogens is 1. The number of benzene rings is 2. The Kier molecular flexibility index (Phi) is 7.85. The molecule has 9 nitrogen and oxygen atoms in total. The molecule has 1 aromatic heterocycles. The number of fused-ring (bicyclic) bond motifs is 1. The molecule has 1 aliphatic heterocycles. The Balaban J connectivity index is 1.24. The lowest BCUT2D eigenvalue weighted by atomic mass is 10.1. The van der Waals surface area contributed by atoms with Gasteiger partial charge in [-0.2, -0.15) is 0 Å². The van der Waals surface area contributed by atoms with E-state index in [1.807, 2.05) is 36.1 Å². The normalized spacial score (nSPS) is 16.6. The summed E-state index contributed by atoms with van der Waals surface area (Å²) in [7, 11) is -3.92. The maximum absolute atomic E-state index is 12.6. The van der Waals surface area contributed by atoms with Crippen molar-refractivity contribution in [3.8, 4) is 5.75 Å². The number of pyridine rings is 1. The maximum atomic E-state index is 12.6. The smallest absolute Gasteiger partial charge is 0.406 e. The number of hydrogen-bond acceptors (Lipinski definition) is 6. The van der Waals surface area contributed by atoms with Crippen LogP contribution in [0.1, 0.15) is 12.1 Å². The second-order valence-corrected chi connectivity index (χ2v) is 10.3. The van der Waals surface area contributed by atoms with Gasteiger partial charge in [0.05, 0.1) is 16.1 Å². The number of anilines is 1. The molecule has 0 spiro atoms. The maximum Gasteiger partial charge on any atom is 0.573 e. The SMILES string of the molecule is Cc1cc(NC(=O)NCCN2CCC(NS(=O)(=O)c3ccc(OC(F)(F)F)cc3)C2)c2ccccc2n1. The van der Waals surface area contributed by atoms with E-state index in [9.17, 15) is 26.4 Å². The van der Waals surface area contributed by atoms with Crippen molar-refractivity contribution in [2.24, 2.45) is 0 Å². The lowest BCUT2D eigenvalue weighted by molar-refractivity contribution is -0.274. The summed E-state index contributed by atoms with van der Waals surface area (Å²) in [6, 6.07) is 12.6. The number of alkyl halides is 3. The molecular formula is C24H26F3N5O4S. The summed E-state index contributed by atoms with van der Waals surface area (Å²) >= 11 is 0. The van der Waals surface area contributed by atoms with Crippen LogP contribution in [0.2, 0.25) is 0 Å². The first-order chi connectivity index (χ1) is 17.5. The second kappa shape index (κ2) is 10.9. The molecule has 0 radical (unpaired) electrons. The van der Waals surface area contributed by atoms with Crippen molar-refractivity contribution in [3.05, 3.63) is 60.3 Å². The number of ether oxygens (including phenoxy) is 1. The van der Waals surface area contributed by atoms with E-state index < -0.39 is 22.1 Å². The Morgan fingerprint density at radius 1 is 1.16 bits per heavy atom. The number of amides is 2. The van der Waals surface area contributed by atoms with Gasteiger partial charge in [-0.15, -0.1) is 13.2 Å². The zero-order chi connectivity index (χ0) is 26.6. The summed E-state index contributed by atoms with van der Waals surface area (Å²) in [6.07, 6.45) is -4.29. The van der Waals surface area contributed by atoms with Crippen molar-refractivity contribution >= 4 is 32.6 Å². The van der Waals surface area contributed by atoms with Gasteiger partial charge in [0, 0.05) is 36.8 Å². The van der Waals surface area contributed by atoms with E-state index in [4.69, 9.17) is 0 Å². The van der Waals surface area contributed by atoms with Gasteiger partial charge in [0.25, 0.3) is 0 Å². The number of sulfonamides is 1. The minimum atomic E-state index is -4.85. The van der Waals surface area contributed by atoms with Crippen molar-refractivity contribution in [1.29, 1.82) is 0 Å². The lowest BCUT2D eigenvalue weighted by Gasteiger charge is -2.17. The molecule has 0 aliphatic carbocycles. The number of rotatable bonds is 8. The summed E-state index contributed by atoms with van der Waals surface area (Å²) in [5, 5.41) is 6.50. The van der Waals surface area contributed by atoms with Gasteiger partial charge in [-0.1, -0.05) is 18.2 Å². The third-order valence-electron chi connectivity index (χ3n) is 5.77. The molecule has 2 heterocycles. The van der Waals surface area contributed by atoms with E-state index in [0.29, 0.717) is 38.3 Å². The van der Waals surface area contributed by atoms with Gasteiger partial charge in [0.1, 0.15) is 5.75 Å². The Labute approximate surface area is 212 Å². The zero-order valence-corrected chi connectivity index (χ0v) is 20.7. The van der Waals surface area contributed by atoms with Gasteiger partial charge < -0.3 is 15.4 Å². The predicted molar refractivity (Wildman–Crippen MR) is 132 cm³/mol. The standard InChI is InChI=1S/C24H26F3N5O4S/c1-16-14-22(20-4-2-3-5-21(20)29-16)30-23(33)28-11-13-32-12-10-17(15-32)31-37(34,35)19-8-6-18(7-9-19)36-24(25,26)27/h2-9,14,17,31H,10-13,15H2,1H3,(H2,28,29,30,33). The van der Waals surface area contributed by atoms with Crippen LogP contribution >= 0.6 is 0 Å². The highest BCUT2D eigenvalue weighted by molar-refractivity contribution is 7.89. The second-order valence-electron chi connectivity index (χ2n) is 8.64. The molecule has 1 atom stereocenters. The first kappa shape index (κ1) is 26.6. The first-order valence-electron chi connectivity index (χ1n) is 11.5. The fourth-order valence-electron chi connectivity index (χ4n) is 4.15. The van der Waals surface area contributed by atoms with Crippen molar-refractivity contribution in [2.75, 3.05) is 31.5 Å². The van der Waals surface area contributed by atoms with Crippen LogP contribution in [0.5, 0.6) is 5.75 Å². The monoisotopic (exact) mass is 537 g/mol. The predicted octanol–water partition coefficient (Wildman–Crippen LogP) is 3.62. The number of likely N-dealkylation sites (tertiary alicyclic amines) is 1. The van der Waals surface area contributed by atoms with Gasteiger partial charge in [0.2, 0.25) is 10.0 Å². The quantitative estimate of drug-likeness (QED) is 0.405. The highest BCUT2D eigenvalue weighted by atomic mass is 32.2. The molecule has 0 saturated carbocycles. The van der Waals surface area contributed by atoms with E-state index in [2.05, 4.69) is 25.1 Å². The molecule has 1 unspecified atom stereocenters. The lowest BCUT2D eigenvalue weighted by Crippen LogP contribution is -2.39. The van der Waals surface area contributed by atoms with Crippen LogP contribution in [-0.2, 0) is 10.0 Å². The number of aryl methyl sites for hydroxylation is 1. The van der Waals surface area contributed by atoms with Crippen molar-refractivity contribution in [2.45, 2.75) is 30.6 Å². The highest BCUT2D eigenvalue weighted by Gasteiger charge is 2.31. The Hall–Kier alpha value is -3.42. The number of hydrogen-bond donors (Lipinski definition) is 3. The zero-order valence-electron chi connectivity index (χ0n) is 19.9. The molecule has 1 aliphatic rings. The van der Waals surface area contributed by atoms with Gasteiger partial charge >= 0.3 is 12.4 Å². The fraction of sp³-hybridized carbons (Fsp3) is 0.333. The average molecular weight is 538 g/mol. The molecule has 1 saturated heterocycles. The minimum Gasteiger partial charge on any atom is -0.406 e. The van der Waals surface area contributed by atoms with Crippen LogP contribution in [0, 0.1) is 6.92 Å². The molecule has 13 heteroatoms. The summed E-state index contributed by atoms with van der Waals surface area (Å²) in [6.45, 7) is 3.79. The molecule has 198 valence electrons. The van der Waals surface area contributed by atoms with Crippen LogP contribution in [0.4, 0.5) is 23.7 Å². The molecule has 4 rings (SSSR count). The van der Waals surface area contributed by atoms with E-state index in [-0.39, 0.29) is 17.0 Å². The van der Waals surface area contributed by atoms with Crippen LogP contribution in [-0.4, -0.2) is 62.9 Å². The van der Waals surface area contributed by atoms with E-state index >= 15 is 0 Å². The Bertz CT molecular complexity index is 1370. The first-order valence-corrected chi connectivity index (χ1v) is 13.0. The molecule has 3 aromatic rings. The van der Waals surface area contributed by atoms with E-state index in [0.717, 1.165) is 40.9 Å². The highest BCUT2D eigenvalue weighted by Crippen LogP contribution is 2.25. The van der Waals surface area contributed by atoms with Crippen molar-refractivity contribution in [1.82, 2.24) is 19.9 Å². The average Bonchev–Trinajstić information content (AvgIpc) is 3.24. The van der Waals surface area contributed by atoms with Gasteiger partial charge in [-0.05, 0) is 56.3 Å². The summed E-state index contributed by atoms with van der Waals surface area (Å²) in [5.74, 6) is -0.498. The summed E-state index contributed by atoms with van der Waals surface area (Å²) < 4.78 is 68.5. The Morgan fingerprint density at radius 2 is 1.89 bits per heavy atom. The van der Waals surface area contributed by atoms with Gasteiger partial charge in [0.15, 0.2) is 0 Å². The van der Waals surface area contributed by atoms with Crippen LogP contribution in [0.15, 0.2) is 59.5 Å². The number of nitrogens with zero attached hydrogens (tertiary/aromatic N) is 2. The largest absolute Gasteiger partial charge is 0.573 e. The van der Waals surface area contributed by atoms with Crippen molar-refractivity contribution in [3.63, 3.8) is 0 Å². The van der Waals surface area contributed by atoms with Crippen molar-refractivity contribution < 1.29 is 31.1 Å². The molecule has 2 amide bonds. The number of urea groups is 1. The summed E-state index contributed by atoms with van der Waals surface area (Å²) in [5.41, 5.74) is 2.23. The minimum absolute atomic E-state index is 0.155. The van der Waals surface area contributed by atoms with Crippen LogP contribution < -0.4 is 20.1 Å². The van der Waals surface area contributed by atoms with Gasteiger partial charge in [-0.3, -0.25) is 9.88 Å². The third-order valence-corrected chi connectivity index (χ3v) is 7.30. The number of halogens is 3. The van der Waals surface area contributed by atoms with Gasteiger partial charge in [-0.25, -0.2) is 17.9 Å². The number of para-hydroxylation sites is 1. The molecule has 3 N–H and O–H groups in total.